The van der Waals surface area contributed by atoms with E-state index in [1.807, 2.05) is 0 Å². The van der Waals surface area contributed by atoms with Crippen molar-refractivity contribution < 1.29 is 133 Å². The van der Waals surface area contributed by atoms with E-state index in [2.05, 4.69) is 18.9 Å². The fourth-order valence-corrected chi connectivity index (χ4v) is 3.62. The molecular formula is C25H44O14Y2. The van der Waals surface area contributed by atoms with Crippen LogP contribution in [0, 0.1) is 0 Å². The van der Waals surface area contributed by atoms with Gasteiger partial charge < -0.3 is 48.1 Å². The summed E-state index contributed by atoms with van der Waals surface area (Å²) in [6, 6.07) is 0. The summed E-state index contributed by atoms with van der Waals surface area (Å²) in [5.41, 5.74) is 0. The Bertz CT molecular complexity index is 681. The molecule has 41 heavy (non-hydrogen) atoms. The molecule has 2 fully saturated rings. The molecule has 14 nitrogen and oxygen atoms in total. The summed E-state index contributed by atoms with van der Waals surface area (Å²) in [4.78, 5) is 44.3. The van der Waals surface area contributed by atoms with Crippen molar-refractivity contribution in [3.05, 3.63) is 0 Å². The molecule has 2 N–H and O–H groups in total. The Morgan fingerprint density at radius 1 is 0.634 bits per heavy atom. The summed E-state index contributed by atoms with van der Waals surface area (Å²) in [6.45, 7) is 2.88. The number of aliphatic hydroxyl groups is 2. The SMILES string of the molecule is C.COC(=O)OCC(C)OC(=O)OC1CCCCC1O.COC(=O)OCC(C)OC(=O)OC1CCCCC1O.[Y].[Y]. The van der Waals surface area contributed by atoms with Crippen molar-refractivity contribution in [2.24, 2.45) is 0 Å². The van der Waals surface area contributed by atoms with Crippen molar-refractivity contribution in [2.45, 2.75) is 109 Å². The van der Waals surface area contributed by atoms with Gasteiger partial charge in [-0.05, 0) is 52.4 Å². The van der Waals surface area contributed by atoms with E-state index in [1.54, 1.807) is 13.8 Å². The van der Waals surface area contributed by atoms with E-state index >= 15 is 0 Å². The number of ether oxygens (including phenoxy) is 8. The largest absolute Gasteiger partial charge is 0.509 e. The van der Waals surface area contributed by atoms with Crippen LogP contribution in [0.3, 0.4) is 0 Å². The Balaban J connectivity index is -0.000000656. The average Bonchev–Trinajstić information content (AvgIpc) is 2.88. The molecule has 0 aliphatic heterocycles. The van der Waals surface area contributed by atoms with Gasteiger partial charge in [0.05, 0.1) is 26.4 Å². The predicted molar refractivity (Wildman–Crippen MR) is 134 cm³/mol. The second kappa shape index (κ2) is 25.7. The van der Waals surface area contributed by atoms with Gasteiger partial charge in [0, 0.05) is 65.4 Å². The van der Waals surface area contributed by atoms with Crippen LogP contribution in [-0.4, -0.2) is 98.9 Å². The van der Waals surface area contributed by atoms with Crippen molar-refractivity contribution in [3.63, 3.8) is 0 Å². The molecule has 234 valence electrons. The van der Waals surface area contributed by atoms with Crippen LogP contribution in [0.2, 0.25) is 0 Å². The first kappa shape index (κ1) is 44.6. The first-order chi connectivity index (χ1) is 18.0. The Kier molecular flexibility index (Phi) is 28.0. The maximum absolute atomic E-state index is 11.5. The molecule has 2 radical (unpaired) electrons. The van der Waals surface area contributed by atoms with Gasteiger partial charge >= 0.3 is 24.6 Å². The smallest absolute Gasteiger partial charge is 0.438 e. The van der Waals surface area contributed by atoms with Crippen molar-refractivity contribution in [1.82, 2.24) is 0 Å². The summed E-state index contributed by atoms with van der Waals surface area (Å²) in [7, 11) is 2.37. The molecule has 0 bridgehead atoms. The van der Waals surface area contributed by atoms with Crippen molar-refractivity contribution in [3.8, 4) is 0 Å². The first-order valence-electron chi connectivity index (χ1n) is 12.6. The van der Waals surface area contributed by atoms with Crippen LogP contribution in [0.4, 0.5) is 19.2 Å². The molecule has 0 aromatic heterocycles. The van der Waals surface area contributed by atoms with Crippen LogP contribution in [0.15, 0.2) is 0 Å². The number of carbonyl (C=O) groups is 4. The van der Waals surface area contributed by atoms with Gasteiger partial charge in [-0.15, -0.1) is 0 Å². The first-order valence-corrected chi connectivity index (χ1v) is 12.6. The molecule has 0 aromatic rings. The molecule has 16 heteroatoms. The van der Waals surface area contributed by atoms with E-state index in [0.29, 0.717) is 25.7 Å². The Morgan fingerprint density at radius 3 is 1.24 bits per heavy atom. The van der Waals surface area contributed by atoms with Gasteiger partial charge in [0.1, 0.15) is 37.6 Å². The van der Waals surface area contributed by atoms with Crippen LogP contribution < -0.4 is 0 Å². The van der Waals surface area contributed by atoms with Gasteiger partial charge in [0.25, 0.3) is 0 Å². The number of methoxy groups -OCH3 is 2. The van der Waals surface area contributed by atoms with E-state index in [0.717, 1.165) is 25.7 Å². The number of carbonyl (C=O) groups excluding carboxylic acids is 4. The molecule has 2 saturated carbocycles. The van der Waals surface area contributed by atoms with Crippen LogP contribution in [-0.2, 0) is 103 Å². The molecule has 6 atom stereocenters. The number of aliphatic hydroxyl groups excluding tert-OH is 2. The molecule has 0 heterocycles. The van der Waals surface area contributed by atoms with Gasteiger partial charge in [-0.2, -0.15) is 0 Å². The summed E-state index contributed by atoms with van der Waals surface area (Å²) < 4.78 is 37.6. The number of hydrogen-bond acceptors (Lipinski definition) is 14. The van der Waals surface area contributed by atoms with Crippen LogP contribution >= 0.6 is 0 Å². The summed E-state index contributed by atoms with van der Waals surface area (Å²) in [6.07, 6.45) is -0.831. The molecule has 0 aromatic carbocycles. The minimum atomic E-state index is -0.869. The Morgan fingerprint density at radius 2 is 0.951 bits per heavy atom. The monoisotopic (exact) mass is 746 g/mol. The molecule has 0 saturated heterocycles. The fourth-order valence-electron chi connectivity index (χ4n) is 3.62. The van der Waals surface area contributed by atoms with Crippen LogP contribution in [0.25, 0.3) is 0 Å². The summed E-state index contributed by atoms with van der Waals surface area (Å²) in [5.74, 6) is 0. The standard InChI is InChI=1S/2C12H20O7.CH4.2Y/c2*1-8(7-17-11(14)16-2)18-12(15)19-10-6-4-3-5-9(10)13;;;/h2*8-10,13H,3-7H2,1-2H3;1H4;;. The number of rotatable bonds is 8. The third-order valence-electron chi connectivity index (χ3n) is 5.63. The molecule has 2 aliphatic carbocycles. The van der Waals surface area contributed by atoms with Gasteiger partial charge in [0.15, 0.2) is 0 Å². The molecule has 2 aliphatic rings. The van der Waals surface area contributed by atoms with E-state index < -0.39 is 61.2 Å². The third kappa shape index (κ3) is 20.7. The minimum absolute atomic E-state index is 0. The zero-order valence-electron chi connectivity index (χ0n) is 23.5. The van der Waals surface area contributed by atoms with Gasteiger partial charge in [-0.25, -0.2) is 19.2 Å². The molecule has 2 rings (SSSR count). The van der Waals surface area contributed by atoms with E-state index in [1.165, 1.54) is 14.2 Å². The van der Waals surface area contributed by atoms with E-state index in [9.17, 15) is 29.4 Å². The second-order valence-electron chi connectivity index (χ2n) is 8.90. The van der Waals surface area contributed by atoms with Gasteiger partial charge in [-0.1, -0.05) is 20.3 Å². The summed E-state index contributed by atoms with van der Waals surface area (Å²) in [5, 5.41) is 19.3. The third-order valence-corrected chi connectivity index (χ3v) is 5.63. The average molecular weight is 746 g/mol. The molecule has 0 amide bonds. The van der Waals surface area contributed by atoms with Crippen molar-refractivity contribution >= 4 is 24.6 Å². The topological polar surface area (TPSA) is 183 Å². The maximum Gasteiger partial charge on any atom is 0.509 e. The predicted octanol–water partition coefficient (Wildman–Crippen LogP) is 3.86. The number of hydrogen-bond donors (Lipinski definition) is 2. The zero-order valence-corrected chi connectivity index (χ0v) is 29.2. The Labute approximate surface area is 291 Å². The zero-order chi connectivity index (χ0) is 28.5. The Hall–Kier alpha value is -0.792. The normalized spacial score (nSPS) is 22.4. The van der Waals surface area contributed by atoms with Crippen molar-refractivity contribution in [1.29, 1.82) is 0 Å². The van der Waals surface area contributed by atoms with Crippen LogP contribution in [0.1, 0.15) is 72.6 Å². The van der Waals surface area contributed by atoms with Crippen LogP contribution in [0.5, 0.6) is 0 Å². The molecule has 6 unspecified atom stereocenters. The van der Waals surface area contributed by atoms with E-state index in [-0.39, 0.29) is 86.1 Å². The molecular weight excluding hydrogens is 702 g/mol. The maximum atomic E-state index is 11.5. The fraction of sp³-hybridized carbons (Fsp3) is 0.840. The second-order valence-corrected chi connectivity index (χ2v) is 8.90. The summed E-state index contributed by atoms with van der Waals surface area (Å²) >= 11 is 0. The van der Waals surface area contributed by atoms with Crippen molar-refractivity contribution in [2.75, 3.05) is 27.4 Å². The quantitative estimate of drug-likeness (QED) is 0.270. The molecule has 0 spiro atoms. The minimum Gasteiger partial charge on any atom is -0.438 e. The van der Waals surface area contributed by atoms with Gasteiger partial charge in [0.2, 0.25) is 0 Å². The van der Waals surface area contributed by atoms with Gasteiger partial charge in [-0.3, -0.25) is 0 Å². The van der Waals surface area contributed by atoms with E-state index in [4.69, 9.17) is 18.9 Å².